The predicted octanol–water partition coefficient (Wildman–Crippen LogP) is 3.36. The maximum Gasteiger partial charge on any atom is 0.339 e. The van der Waals surface area contributed by atoms with E-state index in [1.807, 2.05) is 11.4 Å². The summed E-state index contributed by atoms with van der Waals surface area (Å²) in [5.41, 5.74) is 2.57. The monoisotopic (exact) mass is 403 g/mol. The molecule has 1 heterocycles. The number of thiophene rings is 1. The Hall–Kier alpha value is -2.54. The van der Waals surface area contributed by atoms with Crippen molar-refractivity contribution in [2.45, 2.75) is 32.7 Å². The minimum Gasteiger partial charge on any atom is -0.493 e. The molecule has 150 valence electrons. The molecule has 7 heteroatoms. The summed E-state index contributed by atoms with van der Waals surface area (Å²) in [6.45, 7) is 2.24. The van der Waals surface area contributed by atoms with E-state index in [0.29, 0.717) is 29.5 Å². The number of carbonyl (C=O) groups is 2. The standard InChI is InChI=1S/C21H25NO5S/c1-13-4-6-15-16(12-28-19(15)8-13)21(24)27-11-20(23)22-10-14-5-7-17(25-2)18(9-14)26-3/h5,7,9,12-13H,4,6,8,10-11H2,1-3H3,(H,22,23). The maximum atomic E-state index is 12.4. The number of rotatable bonds is 7. The Morgan fingerprint density at radius 2 is 2.00 bits per heavy atom. The lowest BCUT2D eigenvalue weighted by Gasteiger charge is -2.18. The second-order valence-electron chi connectivity index (χ2n) is 6.94. The molecule has 1 aromatic carbocycles. The molecule has 1 unspecified atom stereocenters. The molecule has 0 saturated heterocycles. The van der Waals surface area contributed by atoms with E-state index in [4.69, 9.17) is 14.2 Å². The molecular weight excluding hydrogens is 378 g/mol. The van der Waals surface area contributed by atoms with Gasteiger partial charge in [-0.15, -0.1) is 11.3 Å². The molecular formula is C21H25NO5S. The Balaban J connectivity index is 1.50. The van der Waals surface area contributed by atoms with E-state index < -0.39 is 5.97 Å². The van der Waals surface area contributed by atoms with Gasteiger partial charge in [0.2, 0.25) is 0 Å². The Morgan fingerprint density at radius 1 is 1.21 bits per heavy atom. The molecule has 0 spiro atoms. The first kappa shape index (κ1) is 20.2. The third-order valence-electron chi connectivity index (χ3n) is 4.89. The highest BCUT2D eigenvalue weighted by Gasteiger charge is 2.24. The second kappa shape index (κ2) is 9.10. The van der Waals surface area contributed by atoms with Crippen molar-refractivity contribution in [3.63, 3.8) is 0 Å². The fourth-order valence-electron chi connectivity index (χ4n) is 3.30. The van der Waals surface area contributed by atoms with Crippen LogP contribution >= 0.6 is 11.3 Å². The Labute approximate surface area is 168 Å². The number of amides is 1. The Kier molecular flexibility index (Phi) is 6.57. The van der Waals surface area contributed by atoms with Crippen molar-refractivity contribution in [2.24, 2.45) is 5.92 Å². The molecule has 0 saturated carbocycles. The van der Waals surface area contributed by atoms with E-state index in [0.717, 1.165) is 30.4 Å². The van der Waals surface area contributed by atoms with Crippen LogP contribution in [0.4, 0.5) is 0 Å². The Morgan fingerprint density at radius 3 is 2.75 bits per heavy atom. The maximum absolute atomic E-state index is 12.4. The molecule has 1 aromatic heterocycles. The molecule has 1 aliphatic carbocycles. The van der Waals surface area contributed by atoms with Crippen molar-refractivity contribution < 1.29 is 23.8 Å². The van der Waals surface area contributed by atoms with E-state index in [9.17, 15) is 9.59 Å². The summed E-state index contributed by atoms with van der Waals surface area (Å²) < 4.78 is 15.7. The molecule has 1 N–H and O–H groups in total. The molecule has 2 aromatic rings. The first-order valence-corrected chi connectivity index (χ1v) is 10.1. The molecule has 1 aliphatic rings. The van der Waals surface area contributed by atoms with Crippen LogP contribution in [0.2, 0.25) is 0 Å². The minimum atomic E-state index is -0.423. The number of ether oxygens (including phenoxy) is 3. The number of benzene rings is 1. The quantitative estimate of drug-likeness (QED) is 0.718. The van der Waals surface area contributed by atoms with Gasteiger partial charge in [-0.3, -0.25) is 4.79 Å². The lowest BCUT2D eigenvalue weighted by molar-refractivity contribution is -0.124. The van der Waals surface area contributed by atoms with E-state index in [1.54, 1.807) is 37.7 Å². The van der Waals surface area contributed by atoms with Crippen LogP contribution in [0.1, 0.15) is 39.7 Å². The summed E-state index contributed by atoms with van der Waals surface area (Å²) in [5, 5.41) is 4.60. The molecule has 0 aliphatic heterocycles. The van der Waals surface area contributed by atoms with Crippen molar-refractivity contribution in [1.29, 1.82) is 0 Å². The summed E-state index contributed by atoms with van der Waals surface area (Å²) in [4.78, 5) is 25.7. The molecule has 0 fully saturated rings. The fourth-order valence-corrected chi connectivity index (χ4v) is 4.53. The number of hydrogen-bond donors (Lipinski definition) is 1. The van der Waals surface area contributed by atoms with Gasteiger partial charge in [-0.05, 0) is 48.4 Å². The van der Waals surface area contributed by atoms with Gasteiger partial charge in [0.1, 0.15) is 0 Å². The summed E-state index contributed by atoms with van der Waals surface area (Å²) in [6.07, 6.45) is 2.99. The van der Waals surface area contributed by atoms with Crippen LogP contribution in [-0.4, -0.2) is 32.7 Å². The van der Waals surface area contributed by atoms with Gasteiger partial charge >= 0.3 is 5.97 Å². The third-order valence-corrected chi connectivity index (χ3v) is 5.94. The van der Waals surface area contributed by atoms with Crippen molar-refractivity contribution in [2.75, 3.05) is 20.8 Å². The number of hydrogen-bond acceptors (Lipinski definition) is 6. The van der Waals surface area contributed by atoms with Gasteiger partial charge in [-0.1, -0.05) is 13.0 Å². The zero-order valence-electron chi connectivity index (χ0n) is 16.4. The summed E-state index contributed by atoms with van der Waals surface area (Å²) in [6, 6.07) is 5.41. The van der Waals surface area contributed by atoms with Crippen LogP contribution in [-0.2, 0) is 28.9 Å². The summed E-state index contributed by atoms with van der Waals surface area (Å²) in [5.74, 6) is 1.10. The Bertz CT molecular complexity index is 860. The highest BCUT2D eigenvalue weighted by Crippen LogP contribution is 2.33. The number of methoxy groups -OCH3 is 2. The van der Waals surface area contributed by atoms with Crippen LogP contribution in [0, 0.1) is 5.92 Å². The first-order chi connectivity index (χ1) is 13.5. The summed E-state index contributed by atoms with van der Waals surface area (Å²) >= 11 is 1.61. The highest BCUT2D eigenvalue weighted by atomic mass is 32.1. The second-order valence-corrected chi connectivity index (χ2v) is 7.91. The summed E-state index contributed by atoms with van der Waals surface area (Å²) in [7, 11) is 3.13. The fraction of sp³-hybridized carbons (Fsp3) is 0.429. The SMILES string of the molecule is COc1ccc(CNC(=O)COC(=O)c2csc3c2CCC(C)C3)cc1OC. The van der Waals surface area contributed by atoms with Gasteiger partial charge < -0.3 is 19.5 Å². The van der Waals surface area contributed by atoms with Gasteiger partial charge in [-0.2, -0.15) is 0 Å². The number of nitrogens with one attached hydrogen (secondary N) is 1. The number of esters is 1. The third kappa shape index (κ3) is 4.65. The van der Waals surface area contributed by atoms with Crippen molar-refractivity contribution in [3.05, 3.63) is 45.1 Å². The molecule has 3 rings (SSSR count). The van der Waals surface area contributed by atoms with Gasteiger partial charge in [0.15, 0.2) is 18.1 Å². The van der Waals surface area contributed by atoms with Gasteiger partial charge in [0, 0.05) is 16.8 Å². The minimum absolute atomic E-state index is 0.298. The van der Waals surface area contributed by atoms with Gasteiger partial charge in [-0.25, -0.2) is 4.79 Å². The van der Waals surface area contributed by atoms with Crippen LogP contribution < -0.4 is 14.8 Å². The van der Waals surface area contributed by atoms with Crippen molar-refractivity contribution in [1.82, 2.24) is 5.32 Å². The normalized spacial score (nSPS) is 15.5. The van der Waals surface area contributed by atoms with E-state index in [-0.39, 0.29) is 12.5 Å². The van der Waals surface area contributed by atoms with Crippen LogP contribution in [0.15, 0.2) is 23.6 Å². The zero-order chi connectivity index (χ0) is 20.1. The number of carbonyl (C=O) groups excluding carboxylic acids is 2. The van der Waals surface area contributed by atoms with E-state index >= 15 is 0 Å². The van der Waals surface area contributed by atoms with E-state index in [2.05, 4.69) is 12.2 Å². The molecule has 0 bridgehead atoms. The van der Waals surface area contributed by atoms with Gasteiger partial charge in [0.25, 0.3) is 5.91 Å². The van der Waals surface area contributed by atoms with Gasteiger partial charge in [0.05, 0.1) is 19.8 Å². The lowest BCUT2D eigenvalue weighted by atomic mass is 9.88. The van der Waals surface area contributed by atoms with E-state index in [1.165, 1.54) is 4.88 Å². The molecule has 0 radical (unpaired) electrons. The first-order valence-electron chi connectivity index (χ1n) is 9.25. The number of fused-ring (bicyclic) bond motifs is 1. The average molecular weight is 404 g/mol. The molecule has 1 atom stereocenters. The topological polar surface area (TPSA) is 73.9 Å². The van der Waals surface area contributed by atoms with Crippen LogP contribution in [0.5, 0.6) is 11.5 Å². The lowest BCUT2D eigenvalue weighted by Crippen LogP contribution is -2.28. The van der Waals surface area contributed by atoms with Crippen LogP contribution in [0.3, 0.4) is 0 Å². The highest BCUT2D eigenvalue weighted by molar-refractivity contribution is 7.10. The average Bonchev–Trinajstić information content (AvgIpc) is 3.13. The van der Waals surface area contributed by atoms with Crippen molar-refractivity contribution in [3.8, 4) is 11.5 Å². The van der Waals surface area contributed by atoms with Crippen LogP contribution in [0.25, 0.3) is 0 Å². The zero-order valence-corrected chi connectivity index (χ0v) is 17.2. The van der Waals surface area contributed by atoms with Crippen molar-refractivity contribution >= 4 is 23.2 Å². The molecule has 6 nitrogen and oxygen atoms in total. The predicted molar refractivity (Wildman–Crippen MR) is 107 cm³/mol. The molecule has 28 heavy (non-hydrogen) atoms. The molecule has 1 amide bonds. The largest absolute Gasteiger partial charge is 0.493 e. The smallest absolute Gasteiger partial charge is 0.339 e.